The predicted octanol–water partition coefficient (Wildman–Crippen LogP) is 5.11. The topological polar surface area (TPSA) is 111 Å². The number of esters is 1. The SMILES string of the molecule is CCOC(=O)[C@]1(C)CCC[C@@]2(C)[C@@H]3CC[C@@]4(C)C[C@]3(CC[C@@H]21)C[C@H]4Nc1c(N[C@@H]2CCCC[C@H]2N)c(=O)c1=O. The minimum Gasteiger partial charge on any atom is -0.466 e. The first-order chi connectivity index (χ1) is 18.5. The molecule has 0 amide bonds. The van der Waals surface area contributed by atoms with Crippen LogP contribution in [0.15, 0.2) is 9.59 Å². The standard InChI is InChI=1S/C32H49N3O4/c1-5-39-28(38)31(4)14-8-13-30(3)21(31)12-16-32-17-23(29(2,18-32)15-11-22(30)32)35-25-24(26(36)27(25)37)34-20-10-7-6-9-19(20)33/h19-23,34-35H,5-18,33H2,1-4H3/t19-,20-,21+,22+,23-,29+,30-,31-,32+/m1/s1. The molecule has 5 aliphatic rings. The van der Waals surface area contributed by atoms with Gasteiger partial charge in [-0.2, -0.15) is 0 Å². The number of anilines is 2. The third-order valence-corrected chi connectivity index (χ3v) is 12.8. The summed E-state index contributed by atoms with van der Waals surface area (Å²) >= 11 is 0. The van der Waals surface area contributed by atoms with Gasteiger partial charge >= 0.3 is 5.97 Å². The molecule has 0 unspecified atom stereocenters. The van der Waals surface area contributed by atoms with Crippen molar-refractivity contribution in [2.45, 2.75) is 129 Å². The Morgan fingerprint density at radius 3 is 2.31 bits per heavy atom. The van der Waals surface area contributed by atoms with Crippen LogP contribution in [0.1, 0.15) is 111 Å². The van der Waals surface area contributed by atoms with Gasteiger partial charge in [0.1, 0.15) is 11.4 Å². The molecule has 5 aliphatic carbocycles. The zero-order valence-electron chi connectivity index (χ0n) is 24.5. The van der Waals surface area contributed by atoms with E-state index < -0.39 is 10.8 Å². The van der Waals surface area contributed by atoms with Crippen molar-refractivity contribution >= 4 is 17.3 Å². The molecular weight excluding hydrogens is 490 g/mol. The van der Waals surface area contributed by atoms with Gasteiger partial charge in [-0.15, -0.1) is 0 Å². The number of hydrogen-bond acceptors (Lipinski definition) is 7. The van der Waals surface area contributed by atoms with E-state index in [1.54, 1.807) is 0 Å². The van der Waals surface area contributed by atoms with Crippen molar-refractivity contribution in [3.05, 3.63) is 20.4 Å². The van der Waals surface area contributed by atoms with Gasteiger partial charge in [-0.3, -0.25) is 14.4 Å². The number of ether oxygens (including phenoxy) is 1. The molecule has 1 aromatic rings. The second kappa shape index (κ2) is 9.32. The van der Waals surface area contributed by atoms with Gasteiger partial charge in [-0.1, -0.05) is 33.1 Å². The lowest BCUT2D eigenvalue weighted by Crippen LogP contribution is -2.58. The van der Waals surface area contributed by atoms with Crippen LogP contribution in [-0.4, -0.2) is 30.7 Å². The molecule has 2 bridgehead atoms. The predicted molar refractivity (Wildman–Crippen MR) is 155 cm³/mol. The van der Waals surface area contributed by atoms with Gasteiger partial charge in [0.25, 0.3) is 10.9 Å². The molecule has 0 aliphatic heterocycles. The second-order valence-electron chi connectivity index (χ2n) is 14.9. The van der Waals surface area contributed by atoms with Gasteiger partial charge in [-0.25, -0.2) is 0 Å². The highest BCUT2D eigenvalue weighted by molar-refractivity contribution is 5.77. The molecule has 1 spiro atoms. The molecule has 39 heavy (non-hydrogen) atoms. The first-order valence-electron chi connectivity index (χ1n) is 15.8. The van der Waals surface area contributed by atoms with Gasteiger partial charge < -0.3 is 21.1 Å². The first-order valence-corrected chi connectivity index (χ1v) is 15.8. The Labute approximate surface area is 233 Å². The van der Waals surface area contributed by atoms with Gasteiger partial charge in [0, 0.05) is 18.1 Å². The molecule has 9 atom stereocenters. The first kappa shape index (κ1) is 27.3. The monoisotopic (exact) mass is 539 g/mol. The van der Waals surface area contributed by atoms with Crippen molar-refractivity contribution < 1.29 is 9.53 Å². The van der Waals surface area contributed by atoms with Crippen LogP contribution >= 0.6 is 0 Å². The number of nitrogens with two attached hydrogens (primary N) is 1. The quantitative estimate of drug-likeness (QED) is 0.340. The van der Waals surface area contributed by atoms with Crippen molar-refractivity contribution in [2.24, 2.45) is 39.2 Å². The van der Waals surface area contributed by atoms with Crippen LogP contribution in [0.25, 0.3) is 0 Å². The minimum absolute atomic E-state index is 0.00121. The van der Waals surface area contributed by atoms with E-state index in [1.807, 2.05) is 6.92 Å². The molecule has 0 saturated heterocycles. The fraction of sp³-hybridized carbons (Fsp3) is 0.844. The van der Waals surface area contributed by atoms with E-state index in [-0.39, 0.29) is 45.8 Å². The van der Waals surface area contributed by atoms with Crippen LogP contribution in [0.3, 0.4) is 0 Å². The summed E-state index contributed by atoms with van der Waals surface area (Å²) in [5.41, 5.74) is 6.58. The number of hydrogen-bond donors (Lipinski definition) is 3. The smallest absolute Gasteiger partial charge is 0.312 e. The molecule has 7 nitrogen and oxygen atoms in total. The number of nitrogens with one attached hydrogen (secondary N) is 2. The number of carbonyl (C=O) groups is 1. The fourth-order valence-electron chi connectivity index (χ4n) is 10.9. The molecular formula is C32H49N3O4. The van der Waals surface area contributed by atoms with Crippen LogP contribution in [0, 0.1) is 33.5 Å². The summed E-state index contributed by atoms with van der Waals surface area (Å²) in [7, 11) is 0. The van der Waals surface area contributed by atoms with Gasteiger partial charge in [0.15, 0.2) is 0 Å². The van der Waals surface area contributed by atoms with E-state index >= 15 is 0 Å². The molecule has 0 heterocycles. The zero-order valence-corrected chi connectivity index (χ0v) is 24.5. The van der Waals surface area contributed by atoms with E-state index in [9.17, 15) is 14.4 Å². The van der Waals surface area contributed by atoms with Crippen LogP contribution in [0.2, 0.25) is 0 Å². The zero-order chi connectivity index (χ0) is 27.8. The highest BCUT2D eigenvalue weighted by Gasteiger charge is 2.68. The number of rotatable bonds is 6. The fourth-order valence-corrected chi connectivity index (χ4v) is 10.9. The van der Waals surface area contributed by atoms with Crippen LogP contribution < -0.4 is 27.2 Å². The molecule has 0 aromatic heterocycles. The molecule has 5 saturated carbocycles. The summed E-state index contributed by atoms with van der Waals surface area (Å²) in [6, 6.07) is 0.247. The minimum atomic E-state index is -0.397. The Hall–Kier alpha value is -1.89. The Morgan fingerprint density at radius 1 is 0.897 bits per heavy atom. The maximum atomic E-state index is 13.2. The lowest BCUT2D eigenvalue weighted by Gasteiger charge is -2.64. The summed E-state index contributed by atoms with van der Waals surface area (Å²) in [6.07, 6.45) is 14.0. The highest BCUT2D eigenvalue weighted by atomic mass is 16.5. The molecule has 4 N–H and O–H groups in total. The molecule has 1 aromatic carbocycles. The van der Waals surface area contributed by atoms with Crippen molar-refractivity contribution in [3.8, 4) is 0 Å². The normalized spacial score (nSPS) is 45.3. The van der Waals surface area contributed by atoms with Crippen molar-refractivity contribution in [1.82, 2.24) is 0 Å². The summed E-state index contributed by atoms with van der Waals surface area (Å²) in [4.78, 5) is 38.7. The summed E-state index contributed by atoms with van der Waals surface area (Å²) in [5.74, 6) is 0.929. The van der Waals surface area contributed by atoms with Crippen molar-refractivity contribution in [1.29, 1.82) is 0 Å². The largest absolute Gasteiger partial charge is 0.466 e. The Morgan fingerprint density at radius 2 is 1.59 bits per heavy atom. The van der Waals surface area contributed by atoms with E-state index in [0.717, 1.165) is 70.6 Å². The average molecular weight is 540 g/mol. The summed E-state index contributed by atoms with van der Waals surface area (Å²) in [6.45, 7) is 9.40. The number of fused-ring (bicyclic) bond motifs is 3. The second-order valence-corrected chi connectivity index (χ2v) is 14.9. The Balaban J connectivity index is 1.24. The Kier molecular flexibility index (Phi) is 6.52. The highest BCUT2D eigenvalue weighted by Crippen LogP contribution is 2.74. The molecule has 0 radical (unpaired) electrons. The Bertz CT molecular complexity index is 1210. The lowest BCUT2D eigenvalue weighted by atomic mass is 9.40. The summed E-state index contributed by atoms with van der Waals surface area (Å²) in [5, 5.41) is 7.04. The third-order valence-electron chi connectivity index (χ3n) is 12.8. The average Bonchev–Trinajstić information content (AvgIpc) is 3.10. The van der Waals surface area contributed by atoms with Crippen LogP contribution in [-0.2, 0) is 9.53 Å². The van der Waals surface area contributed by atoms with Gasteiger partial charge in [-0.05, 0) is 106 Å². The van der Waals surface area contributed by atoms with Gasteiger partial charge in [0.05, 0.1) is 12.0 Å². The van der Waals surface area contributed by atoms with Crippen molar-refractivity contribution in [3.63, 3.8) is 0 Å². The molecule has 216 valence electrons. The van der Waals surface area contributed by atoms with Crippen LogP contribution in [0.4, 0.5) is 11.4 Å². The van der Waals surface area contributed by atoms with E-state index in [0.29, 0.717) is 29.8 Å². The lowest BCUT2D eigenvalue weighted by molar-refractivity contribution is -0.187. The van der Waals surface area contributed by atoms with E-state index in [2.05, 4.69) is 31.4 Å². The summed E-state index contributed by atoms with van der Waals surface area (Å²) < 4.78 is 5.63. The van der Waals surface area contributed by atoms with Gasteiger partial charge in [0.2, 0.25) is 0 Å². The molecule has 7 heteroatoms. The van der Waals surface area contributed by atoms with E-state index in [4.69, 9.17) is 10.5 Å². The third kappa shape index (κ3) is 3.95. The van der Waals surface area contributed by atoms with Crippen molar-refractivity contribution in [2.75, 3.05) is 17.2 Å². The maximum absolute atomic E-state index is 13.2. The van der Waals surface area contributed by atoms with Crippen LogP contribution in [0.5, 0.6) is 0 Å². The maximum Gasteiger partial charge on any atom is 0.312 e. The number of carbonyl (C=O) groups excluding carboxylic acids is 1. The van der Waals surface area contributed by atoms with E-state index in [1.165, 1.54) is 12.8 Å². The molecule has 6 rings (SSSR count). The molecule has 5 fully saturated rings.